The summed E-state index contributed by atoms with van der Waals surface area (Å²) in [5.74, 6) is -2.71. The fourth-order valence-electron chi connectivity index (χ4n) is 4.41. The minimum absolute atomic E-state index is 0.111. The summed E-state index contributed by atoms with van der Waals surface area (Å²) in [6.07, 6.45) is 3.47. The number of carbonyl (C=O) groups excluding carboxylic acids is 4. The van der Waals surface area contributed by atoms with Gasteiger partial charge in [-0.25, -0.2) is 14.1 Å². The smallest absolute Gasteiger partial charge is 0.334 e. The number of hydrogen-bond acceptors (Lipinski definition) is 5. The monoisotopic (exact) mass is 457 g/mol. The zero-order chi connectivity index (χ0) is 22.8. The molecule has 9 heteroatoms. The molecule has 1 aromatic heterocycles. The van der Waals surface area contributed by atoms with Gasteiger partial charge in [-0.1, -0.05) is 38.0 Å². The molecule has 0 spiro atoms. The van der Waals surface area contributed by atoms with Crippen molar-refractivity contribution in [3.05, 3.63) is 58.0 Å². The number of nitrogens with one attached hydrogen (secondary N) is 1. The summed E-state index contributed by atoms with van der Waals surface area (Å²) < 4.78 is 13.4. The van der Waals surface area contributed by atoms with Crippen LogP contribution in [0.5, 0.6) is 0 Å². The van der Waals surface area contributed by atoms with E-state index in [9.17, 15) is 23.6 Å². The normalized spacial score (nSPS) is 22.4. The maximum atomic E-state index is 13.4. The van der Waals surface area contributed by atoms with Crippen molar-refractivity contribution in [2.75, 3.05) is 6.54 Å². The molecule has 32 heavy (non-hydrogen) atoms. The van der Waals surface area contributed by atoms with E-state index in [1.165, 1.54) is 23.5 Å². The van der Waals surface area contributed by atoms with E-state index in [-0.39, 0.29) is 12.0 Å². The molecular weight excluding hydrogens is 433 g/mol. The highest BCUT2D eigenvalue weighted by molar-refractivity contribution is 7.10. The van der Waals surface area contributed by atoms with Crippen LogP contribution in [0.15, 0.2) is 41.8 Å². The lowest BCUT2D eigenvalue weighted by Crippen LogP contribution is -2.47. The lowest BCUT2D eigenvalue weighted by molar-refractivity contribution is -0.145. The number of halogens is 1. The summed E-state index contributed by atoms with van der Waals surface area (Å²) in [5, 5.41) is 4.67. The molecule has 3 atom stereocenters. The van der Waals surface area contributed by atoms with Gasteiger partial charge in [-0.2, -0.15) is 0 Å². The van der Waals surface area contributed by atoms with E-state index in [1.807, 2.05) is 24.4 Å². The predicted octanol–water partition coefficient (Wildman–Crippen LogP) is 3.46. The highest BCUT2D eigenvalue weighted by atomic mass is 32.1. The van der Waals surface area contributed by atoms with E-state index in [2.05, 4.69) is 5.32 Å². The second-order valence-electron chi connectivity index (χ2n) is 8.25. The number of nitrogens with zero attached hydrogens (tertiary/aromatic N) is 2. The largest absolute Gasteiger partial charge is 0.343 e. The van der Waals surface area contributed by atoms with Crippen LogP contribution in [-0.4, -0.2) is 46.1 Å². The van der Waals surface area contributed by atoms with Crippen molar-refractivity contribution in [1.82, 2.24) is 15.1 Å². The van der Waals surface area contributed by atoms with Gasteiger partial charge in [-0.05, 0) is 47.9 Å². The van der Waals surface area contributed by atoms with Gasteiger partial charge >= 0.3 is 17.8 Å². The van der Waals surface area contributed by atoms with Gasteiger partial charge in [0.05, 0.1) is 6.04 Å². The molecule has 1 saturated carbocycles. The molecule has 5 amide bonds. The Morgan fingerprint density at radius 1 is 1.12 bits per heavy atom. The van der Waals surface area contributed by atoms with Gasteiger partial charge in [-0.3, -0.25) is 19.3 Å². The average Bonchev–Trinajstić information content (AvgIpc) is 3.38. The second-order valence-corrected chi connectivity index (χ2v) is 9.22. The van der Waals surface area contributed by atoms with E-state index in [0.717, 1.165) is 33.9 Å². The van der Waals surface area contributed by atoms with Crippen LogP contribution in [0.2, 0.25) is 0 Å². The van der Waals surface area contributed by atoms with Gasteiger partial charge in [0.2, 0.25) is 5.91 Å². The molecule has 4 rings (SSSR count). The van der Waals surface area contributed by atoms with Gasteiger partial charge in [-0.15, -0.1) is 11.3 Å². The van der Waals surface area contributed by atoms with Crippen LogP contribution in [-0.2, 0) is 14.4 Å². The van der Waals surface area contributed by atoms with Crippen LogP contribution in [0.4, 0.5) is 9.18 Å². The van der Waals surface area contributed by atoms with E-state index >= 15 is 0 Å². The van der Waals surface area contributed by atoms with Crippen LogP contribution >= 0.6 is 11.3 Å². The first-order valence-electron chi connectivity index (χ1n) is 10.6. The first kappa shape index (κ1) is 22.1. The number of imide groups is 2. The summed E-state index contributed by atoms with van der Waals surface area (Å²) in [6, 6.07) is 7.79. The third-order valence-corrected chi connectivity index (χ3v) is 7.06. The van der Waals surface area contributed by atoms with Crippen molar-refractivity contribution >= 4 is 35.1 Å². The number of carbonyl (C=O) groups is 4. The summed E-state index contributed by atoms with van der Waals surface area (Å²) >= 11 is 1.42. The zero-order valence-electron chi connectivity index (χ0n) is 17.6. The molecule has 7 nitrogen and oxygen atoms in total. The second kappa shape index (κ2) is 9.20. The number of urea groups is 1. The van der Waals surface area contributed by atoms with Gasteiger partial charge < -0.3 is 5.32 Å². The standard InChI is InChI=1S/C23H24FN3O4S/c1-14-5-2-3-6-17(14)27-22(30)21(29)26(23(27)31)13-19(28)25-20(18-7-4-12-32-18)15-8-10-16(24)11-9-15/h4,7-12,14,17,20H,2-3,5-6,13H2,1H3,(H,25,28)/t14-,17+,20-/m1/s1. The minimum Gasteiger partial charge on any atom is -0.343 e. The summed E-state index contributed by atoms with van der Waals surface area (Å²) in [7, 11) is 0. The Morgan fingerprint density at radius 3 is 2.50 bits per heavy atom. The molecule has 1 aliphatic carbocycles. The van der Waals surface area contributed by atoms with E-state index in [4.69, 9.17) is 0 Å². The zero-order valence-corrected chi connectivity index (χ0v) is 18.4. The quantitative estimate of drug-likeness (QED) is 0.532. The van der Waals surface area contributed by atoms with Crippen molar-refractivity contribution < 1.29 is 23.6 Å². The molecule has 1 aliphatic heterocycles. The summed E-state index contributed by atoms with van der Waals surface area (Å²) in [4.78, 5) is 53.4. The molecule has 0 unspecified atom stereocenters. The highest BCUT2D eigenvalue weighted by Gasteiger charge is 2.49. The SMILES string of the molecule is C[C@@H]1CCCC[C@@H]1N1C(=O)C(=O)N(CC(=O)N[C@H](c2ccc(F)cc2)c2cccs2)C1=O. The molecule has 2 fully saturated rings. The van der Waals surface area contributed by atoms with E-state index in [0.29, 0.717) is 12.0 Å². The summed E-state index contributed by atoms with van der Waals surface area (Å²) in [5.41, 5.74) is 0.662. The third kappa shape index (κ3) is 4.29. The Balaban J connectivity index is 1.49. The fraction of sp³-hybridized carbons (Fsp3) is 0.391. The Bertz CT molecular complexity index is 1020. The van der Waals surface area contributed by atoms with Gasteiger partial charge in [0.1, 0.15) is 12.4 Å². The van der Waals surface area contributed by atoms with Crippen molar-refractivity contribution in [3.8, 4) is 0 Å². The topological polar surface area (TPSA) is 86.8 Å². The van der Waals surface area contributed by atoms with Crippen LogP contribution < -0.4 is 5.32 Å². The van der Waals surface area contributed by atoms with Gasteiger partial charge in [0, 0.05) is 10.9 Å². The van der Waals surface area contributed by atoms with Crippen LogP contribution in [0, 0.1) is 11.7 Å². The summed E-state index contributed by atoms with van der Waals surface area (Å²) in [6.45, 7) is 1.42. The van der Waals surface area contributed by atoms with Crippen molar-refractivity contribution in [3.63, 3.8) is 0 Å². The number of hydrogen-bond donors (Lipinski definition) is 1. The molecular formula is C23H24FN3O4S. The Hall–Kier alpha value is -3.07. The number of benzene rings is 1. The Kier molecular flexibility index (Phi) is 6.36. The van der Waals surface area contributed by atoms with Crippen molar-refractivity contribution in [1.29, 1.82) is 0 Å². The lowest BCUT2D eigenvalue weighted by atomic mass is 9.85. The molecule has 2 heterocycles. The van der Waals surface area contributed by atoms with E-state index in [1.54, 1.807) is 12.1 Å². The molecule has 0 bridgehead atoms. The molecule has 1 aromatic carbocycles. The molecule has 0 radical (unpaired) electrons. The Labute approximate surface area is 189 Å². The number of rotatable bonds is 6. The first-order valence-corrected chi connectivity index (χ1v) is 11.5. The maximum Gasteiger partial charge on any atom is 0.334 e. The Morgan fingerprint density at radius 2 is 1.84 bits per heavy atom. The van der Waals surface area contributed by atoms with Crippen LogP contribution in [0.3, 0.4) is 0 Å². The number of thiophene rings is 1. The molecule has 168 valence electrons. The molecule has 2 aliphatic rings. The molecule has 2 aromatic rings. The van der Waals surface area contributed by atoms with Crippen molar-refractivity contribution in [2.45, 2.75) is 44.7 Å². The lowest BCUT2D eigenvalue weighted by Gasteiger charge is -2.34. The van der Waals surface area contributed by atoms with Crippen LogP contribution in [0.25, 0.3) is 0 Å². The van der Waals surface area contributed by atoms with Gasteiger partial charge in [0.25, 0.3) is 0 Å². The predicted molar refractivity (Wildman–Crippen MR) is 116 cm³/mol. The van der Waals surface area contributed by atoms with Crippen molar-refractivity contribution in [2.24, 2.45) is 5.92 Å². The molecule has 1 saturated heterocycles. The highest BCUT2D eigenvalue weighted by Crippen LogP contribution is 2.31. The minimum atomic E-state index is -0.975. The first-order chi connectivity index (χ1) is 15.4. The average molecular weight is 458 g/mol. The maximum absolute atomic E-state index is 13.4. The third-order valence-electron chi connectivity index (χ3n) is 6.12. The molecule has 1 N–H and O–H groups in total. The van der Waals surface area contributed by atoms with Crippen LogP contribution in [0.1, 0.15) is 49.1 Å². The van der Waals surface area contributed by atoms with Gasteiger partial charge in [0.15, 0.2) is 0 Å². The fourth-order valence-corrected chi connectivity index (χ4v) is 5.22. The van der Waals surface area contributed by atoms with E-state index < -0.39 is 42.2 Å². The number of amides is 5.